The second-order valence-electron chi connectivity index (χ2n) is 3.65. The van der Waals surface area contributed by atoms with Gasteiger partial charge >= 0.3 is 5.97 Å². The predicted octanol–water partition coefficient (Wildman–Crippen LogP) is 2.55. The Kier molecular flexibility index (Phi) is 3.35. The number of carboxylic acid groups (broad SMARTS) is 1. The summed E-state index contributed by atoms with van der Waals surface area (Å²) in [7, 11) is 0. The van der Waals surface area contributed by atoms with Crippen molar-refractivity contribution in [1.29, 1.82) is 0 Å². The average molecular weight is 306 g/mol. The van der Waals surface area contributed by atoms with Gasteiger partial charge in [-0.15, -0.1) is 0 Å². The van der Waals surface area contributed by atoms with Gasteiger partial charge in [-0.2, -0.15) is 0 Å². The first-order chi connectivity index (χ1) is 7.59. The van der Waals surface area contributed by atoms with Crippen LogP contribution < -0.4 is 4.90 Å². The molecule has 1 aliphatic heterocycles. The van der Waals surface area contributed by atoms with Crippen molar-refractivity contribution in [3.8, 4) is 0 Å². The van der Waals surface area contributed by atoms with Crippen LogP contribution in [0.1, 0.15) is 12.8 Å². The molecule has 1 aromatic rings. The molecule has 0 radical (unpaired) electrons. The van der Waals surface area contributed by atoms with Gasteiger partial charge in [-0.3, -0.25) is 0 Å². The molecule has 1 N–H and O–H groups in total. The van der Waals surface area contributed by atoms with Crippen LogP contribution >= 0.6 is 27.5 Å². The third-order valence-corrected chi connectivity index (χ3v) is 3.39. The first kappa shape index (κ1) is 11.7. The van der Waals surface area contributed by atoms with Crippen molar-refractivity contribution >= 4 is 39.3 Å². The number of rotatable bonds is 2. The van der Waals surface area contributed by atoms with E-state index in [1.54, 1.807) is 11.0 Å². The number of halogens is 2. The fraction of sp³-hybridized carbons (Fsp3) is 0.400. The van der Waals surface area contributed by atoms with E-state index in [1.807, 2.05) is 0 Å². The lowest BCUT2D eigenvalue weighted by atomic mass is 10.2. The summed E-state index contributed by atoms with van der Waals surface area (Å²) in [4.78, 5) is 17.0. The van der Waals surface area contributed by atoms with Crippen molar-refractivity contribution in [1.82, 2.24) is 4.98 Å². The summed E-state index contributed by atoms with van der Waals surface area (Å²) in [5, 5.41) is 9.61. The number of hydrogen-bond acceptors (Lipinski definition) is 3. The van der Waals surface area contributed by atoms with E-state index in [1.165, 1.54) is 6.20 Å². The largest absolute Gasteiger partial charge is 0.480 e. The molecule has 0 bridgehead atoms. The summed E-state index contributed by atoms with van der Waals surface area (Å²) in [6.07, 6.45) is 3.05. The van der Waals surface area contributed by atoms with Gasteiger partial charge in [0, 0.05) is 12.7 Å². The maximum Gasteiger partial charge on any atom is 0.326 e. The molecule has 0 unspecified atom stereocenters. The highest BCUT2D eigenvalue weighted by atomic mass is 79.9. The molecule has 16 heavy (non-hydrogen) atoms. The minimum atomic E-state index is -0.804. The fourth-order valence-corrected chi connectivity index (χ4v) is 2.76. The SMILES string of the molecule is O=C(O)[C@H]1CCCN1c1ncc(Cl)cc1Br. The molecule has 1 atom stereocenters. The zero-order chi connectivity index (χ0) is 11.7. The maximum atomic E-state index is 11.1. The fourth-order valence-electron chi connectivity index (χ4n) is 1.90. The van der Waals surface area contributed by atoms with Gasteiger partial charge in [0.2, 0.25) is 0 Å². The predicted molar refractivity (Wildman–Crippen MR) is 65.0 cm³/mol. The molecular weight excluding hydrogens is 295 g/mol. The summed E-state index contributed by atoms with van der Waals surface area (Å²) in [5.41, 5.74) is 0. The Balaban J connectivity index is 2.32. The van der Waals surface area contributed by atoms with E-state index in [2.05, 4.69) is 20.9 Å². The van der Waals surface area contributed by atoms with Crippen molar-refractivity contribution in [2.75, 3.05) is 11.4 Å². The van der Waals surface area contributed by atoms with Crippen molar-refractivity contribution in [2.45, 2.75) is 18.9 Å². The molecule has 4 nitrogen and oxygen atoms in total. The van der Waals surface area contributed by atoms with Gasteiger partial charge in [-0.05, 0) is 34.8 Å². The molecule has 0 aromatic carbocycles. The zero-order valence-corrected chi connectivity index (χ0v) is 10.7. The van der Waals surface area contributed by atoms with E-state index in [4.69, 9.17) is 16.7 Å². The monoisotopic (exact) mass is 304 g/mol. The Bertz CT molecular complexity index is 427. The topological polar surface area (TPSA) is 53.4 Å². The van der Waals surface area contributed by atoms with E-state index >= 15 is 0 Å². The van der Waals surface area contributed by atoms with Crippen LogP contribution in [-0.4, -0.2) is 28.6 Å². The molecule has 0 saturated carbocycles. The molecule has 2 heterocycles. The number of carboxylic acids is 1. The van der Waals surface area contributed by atoms with Gasteiger partial charge in [-0.25, -0.2) is 9.78 Å². The van der Waals surface area contributed by atoms with Gasteiger partial charge in [0.1, 0.15) is 11.9 Å². The van der Waals surface area contributed by atoms with E-state index < -0.39 is 12.0 Å². The lowest BCUT2D eigenvalue weighted by Crippen LogP contribution is -2.36. The molecule has 6 heteroatoms. The molecule has 86 valence electrons. The average Bonchev–Trinajstić information content (AvgIpc) is 2.66. The number of aliphatic carboxylic acids is 1. The van der Waals surface area contributed by atoms with Crippen LogP contribution in [0.3, 0.4) is 0 Å². The van der Waals surface area contributed by atoms with Crippen molar-refractivity contribution in [2.24, 2.45) is 0 Å². The highest BCUT2D eigenvalue weighted by Gasteiger charge is 2.32. The van der Waals surface area contributed by atoms with Crippen LogP contribution in [0.2, 0.25) is 5.02 Å². The Labute approximate surface area is 106 Å². The van der Waals surface area contributed by atoms with Crippen LogP contribution in [0.5, 0.6) is 0 Å². The smallest absolute Gasteiger partial charge is 0.326 e. The molecule has 1 aliphatic rings. The Morgan fingerprint density at radius 2 is 2.44 bits per heavy atom. The number of carbonyl (C=O) groups is 1. The van der Waals surface area contributed by atoms with Crippen molar-refractivity contribution < 1.29 is 9.90 Å². The van der Waals surface area contributed by atoms with Crippen LogP contribution in [0, 0.1) is 0 Å². The molecule has 0 aliphatic carbocycles. The van der Waals surface area contributed by atoms with Crippen LogP contribution in [-0.2, 0) is 4.79 Å². The highest BCUT2D eigenvalue weighted by molar-refractivity contribution is 9.10. The summed E-state index contributed by atoms with van der Waals surface area (Å²) < 4.78 is 0.730. The van der Waals surface area contributed by atoms with E-state index in [0.29, 0.717) is 23.8 Å². The highest BCUT2D eigenvalue weighted by Crippen LogP contribution is 2.31. The first-order valence-electron chi connectivity index (χ1n) is 4.90. The van der Waals surface area contributed by atoms with Crippen LogP contribution in [0.25, 0.3) is 0 Å². The lowest BCUT2D eigenvalue weighted by Gasteiger charge is -2.23. The van der Waals surface area contributed by atoms with Gasteiger partial charge < -0.3 is 10.0 Å². The Morgan fingerprint density at radius 1 is 1.69 bits per heavy atom. The number of aromatic nitrogens is 1. The normalized spacial score (nSPS) is 20.1. The number of anilines is 1. The standard InChI is InChI=1S/C10H10BrClN2O2/c11-7-4-6(12)5-13-9(7)14-3-1-2-8(14)10(15)16/h4-5,8H,1-3H2,(H,15,16)/t8-/m1/s1. The number of hydrogen-bond donors (Lipinski definition) is 1. The van der Waals surface area contributed by atoms with Crippen molar-refractivity contribution in [3.63, 3.8) is 0 Å². The quantitative estimate of drug-likeness (QED) is 0.912. The van der Waals surface area contributed by atoms with Gasteiger partial charge in [0.05, 0.1) is 9.50 Å². The summed E-state index contributed by atoms with van der Waals surface area (Å²) >= 11 is 9.15. The minimum Gasteiger partial charge on any atom is -0.480 e. The summed E-state index contributed by atoms with van der Waals surface area (Å²) in [6, 6.07) is 1.24. The van der Waals surface area contributed by atoms with Gasteiger partial charge in [0.15, 0.2) is 0 Å². The number of nitrogens with zero attached hydrogens (tertiary/aromatic N) is 2. The van der Waals surface area contributed by atoms with Crippen LogP contribution in [0.15, 0.2) is 16.7 Å². The summed E-state index contributed by atoms with van der Waals surface area (Å²) in [5.74, 6) is -0.157. The third kappa shape index (κ3) is 2.15. The molecule has 0 spiro atoms. The molecular formula is C10H10BrClN2O2. The molecule has 2 rings (SSSR count). The second kappa shape index (κ2) is 4.59. The molecule has 1 aromatic heterocycles. The first-order valence-corrected chi connectivity index (χ1v) is 6.07. The summed E-state index contributed by atoms with van der Waals surface area (Å²) in [6.45, 7) is 0.712. The van der Waals surface area contributed by atoms with E-state index in [-0.39, 0.29) is 0 Å². The molecule has 1 fully saturated rings. The molecule has 1 saturated heterocycles. The van der Waals surface area contributed by atoms with Crippen LogP contribution in [0.4, 0.5) is 5.82 Å². The second-order valence-corrected chi connectivity index (χ2v) is 4.94. The maximum absolute atomic E-state index is 11.1. The van der Waals surface area contributed by atoms with E-state index in [0.717, 1.165) is 10.9 Å². The zero-order valence-electron chi connectivity index (χ0n) is 8.36. The van der Waals surface area contributed by atoms with Gasteiger partial charge in [-0.1, -0.05) is 11.6 Å². The minimum absolute atomic E-state index is 0.482. The number of pyridine rings is 1. The molecule has 0 amide bonds. The third-order valence-electron chi connectivity index (χ3n) is 2.60. The van der Waals surface area contributed by atoms with E-state index in [9.17, 15) is 4.79 Å². The van der Waals surface area contributed by atoms with Crippen molar-refractivity contribution in [3.05, 3.63) is 21.8 Å². The lowest BCUT2D eigenvalue weighted by molar-refractivity contribution is -0.138. The van der Waals surface area contributed by atoms with Gasteiger partial charge in [0.25, 0.3) is 0 Å². The Morgan fingerprint density at radius 3 is 3.06 bits per heavy atom. The Hall–Kier alpha value is -0.810.